The largest absolute Gasteiger partial charge is 0.463 e. The number of halogens is 5. The second-order valence-corrected chi connectivity index (χ2v) is 24.0. The first-order chi connectivity index (χ1) is 50.9. The van der Waals surface area contributed by atoms with E-state index in [4.69, 9.17) is 66.3 Å². The van der Waals surface area contributed by atoms with Gasteiger partial charge in [-0.25, -0.2) is 13.2 Å². The Morgan fingerprint density at radius 3 is 1.16 bits per heavy atom. The van der Waals surface area contributed by atoms with E-state index < -0.39 is 193 Å². The first kappa shape index (κ1) is 90.3. The van der Waals surface area contributed by atoms with Crippen LogP contribution >= 0.6 is 0 Å². The number of carbonyl (C=O) groups is 13. The predicted octanol–water partition coefficient (Wildman–Crippen LogP) is 2.81. The SMILES string of the molecule is CC(=O)N[C@@H]1C(OCCOCCOCCNC(=O)c2cc(NC(=O)CNC(=O)CCCCCCCCCCC(=O)Oc3c(F)c(F)c(F)c(F)c3F)cc(C(=O)NCCOCCOCCOC3O[C@H](COC(C)=O)[C@H](OC(C)=O)[C@H](OC(C)=O)[C@H]3NC(C)=O)c2)O[C@@H](COC(C)=O)[C@@H](OC(C)=O)[C@H]1OC(C)=O. The summed E-state index contributed by atoms with van der Waals surface area (Å²) in [6.45, 7) is 7.30. The van der Waals surface area contributed by atoms with Gasteiger partial charge in [0.2, 0.25) is 58.5 Å². The monoisotopic (exact) mass is 1540 g/mol. The molecule has 0 radical (unpaired) electrons. The third kappa shape index (κ3) is 33.7. The van der Waals surface area contributed by atoms with Crippen molar-refractivity contribution < 1.29 is 155 Å². The number of unbranched alkanes of at least 4 members (excludes halogenated alkanes) is 7. The number of benzene rings is 2. The highest BCUT2D eigenvalue weighted by Gasteiger charge is 2.53. The molecule has 10 atom stereocenters. The second-order valence-electron chi connectivity index (χ2n) is 24.0. The lowest BCUT2D eigenvalue weighted by Gasteiger charge is -2.44. The molecule has 2 aromatic rings. The molecule has 0 saturated carbocycles. The van der Waals surface area contributed by atoms with Gasteiger partial charge in [0.15, 0.2) is 37.0 Å². The van der Waals surface area contributed by atoms with Crippen molar-refractivity contribution in [2.24, 2.45) is 0 Å². The van der Waals surface area contributed by atoms with E-state index in [0.717, 1.165) is 60.8 Å². The van der Waals surface area contributed by atoms with Gasteiger partial charge in [-0.05, 0) is 31.0 Å². The van der Waals surface area contributed by atoms with Gasteiger partial charge in [0.05, 0.1) is 72.6 Å². The summed E-state index contributed by atoms with van der Waals surface area (Å²) in [5.74, 6) is -22.3. The highest BCUT2D eigenvalue weighted by Crippen LogP contribution is 2.32. The van der Waals surface area contributed by atoms with Crippen LogP contribution < -0.4 is 36.6 Å². The number of rotatable bonds is 47. The number of hydrogen-bond donors (Lipinski definition) is 6. The summed E-state index contributed by atoms with van der Waals surface area (Å²) in [7, 11) is 0. The van der Waals surface area contributed by atoms with Crippen molar-refractivity contribution >= 4 is 82.9 Å². The molecule has 2 aliphatic rings. The number of hydrogen-bond acceptors (Lipinski definition) is 28. The average molecular weight is 1540 g/mol. The van der Waals surface area contributed by atoms with Gasteiger partial charge in [0, 0.05) is 98.1 Å². The van der Waals surface area contributed by atoms with Gasteiger partial charge in [-0.2, -0.15) is 8.78 Å². The fourth-order valence-electron chi connectivity index (χ4n) is 10.5. The lowest BCUT2D eigenvalue weighted by molar-refractivity contribution is -0.279. The number of nitrogens with one attached hydrogen (secondary N) is 6. The number of esters is 7. The van der Waals surface area contributed by atoms with Gasteiger partial charge < -0.3 is 103 Å². The molecule has 0 aliphatic carbocycles. The van der Waals surface area contributed by atoms with Gasteiger partial charge in [0.1, 0.15) is 37.5 Å². The normalized spacial score (nSPS) is 19.5. The van der Waals surface area contributed by atoms with Gasteiger partial charge >= 0.3 is 41.8 Å². The standard InChI is InChI=1S/C68H93F5N6O28/c1-37(80)77-58-63(103-43(7)86)60(101-41(5)84)48(35-99-39(3)82)105-67(58)97-29-27-95-25-23-93-21-19-74-65(91)45-31-46(33-47(32-45)79-51(89)34-76-50(88)17-15-13-11-9-10-12-14-16-18-52(90)107-62-56(72)54(70)53(69)55(71)57(62)73)66(92)75-20-22-94-24-26-96-28-30-98-68-59(78-38(2)81)64(104-44(8)87)61(102-42(6)85)49(106-68)36-100-40(4)83/h31-33,48-49,58-61,63-64,67-68H,9-30,34-36H2,1-8H3,(H,74,91)(H,75,92)(H,76,88)(H,77,80)(H,78,81)(H,79,89)/t48-,49+,58-,59+,60+,61-,63-,64+,67?,68?. The van der Waals surface area contributed by atoms with Crippen LogP contribution in [0.3, 0.4) is 0 Å². The van der Waals surface area contributed by atoms with Crippen LogP contribution in [-0.2, 0) is 119 Å². The first-order valence-electron chi connectivity index (χ1n) is 34.2. The van der Waals surface area contributed by atoms with Crippen LogP contribution in [0.15, 0.2) is 18.2 Å². The molecule has 2 unspecified atom stereocenters. The molecule has 2 saturated heterocycles. The van der Waals surface area contributed by atoms with E-state index in [9.17, 15) is 84.3 Å². The summed E-state index contributed by atoms with van der Waals surface area (Å²) >= 11 is 0. The van der Waals surface area contributed by atoms with E-state index in [1.807, 2.05) is 0 Å². The summed E-state index contributed by atoms with van der Waals surface area (Å²) in [6, 6.07) is 1.49. The molecule has 598 valence electrons. The first-order valence-corrected chi connectivity index (χ1v) is 34.2. The van der Waals surface area contributed by atoms with E-state index in [0.29, 0.717) is 25.7 Å². The maximum absolute atomic E-state index is 13.9. The van der Waals surface area contributed by atoms with Gasteiger partial charge in [-0.3, -0.25) is 62.3 Å². The summed E-state index contributed by atoms with van der Waals surface area (Å²) in [6.07, 6.45) is -5.83. The zero-order chi connectivity index (χ0) is 79.1. The smallest absolute Gasteiger partial charge is 0.311 e. The minimum absolute atomic E-state index is 0.0108. The van der Waals surface area contributed by atoms with E-state index in [1.54, 1.807) is 0 Å². The van der Waals surface area contributed by atoms with Crippen molar-refractivity contribution in [2.75, 3.05) is 104 Å². The number of carbonyl (C=O) groups excluding carboxylic acids is 13. The Hall–Kier alpha value is -9.12. The van der Waals surface area contributed by atoms with Gasteiger partial charge in [-0.15, -0.1) is 0 Å². The molecule has 2 heterocycles. The number of anilines is 1. The summed E-state index contributed by atoms with van der Waals surface area (Å²) in [4.78, 5) is 161. The maximum atomic E-state index is 13.9. The second kappa shape index (κ2) is 48.2. The van der Waals surface area contributed by atoms with Crippen LogP contribution in [0.5, 0.6) is 5.75 Å². The third-order valence-electron chi connectivity index (χ3n) is 15.1. The minimum Gasteiger partial charge on any atom is -0.463 e. The van der Waals surface area contributed by atoms with E-state index in [2.05, 4.69) is 36.6 Å². The van der Waals surface area contributed by atoms with Crippen LogP contribution in [0.25, 0.3) is 0 Å². The van der Waals surface area contributed by atoms with Crippen molar-refractivity contribution in [1.29, 1.82) is 0 Å². The van der Waals surface area contributed by atoms with Crippen LogP contribution in [0.4, 0.5) is 27.6 Å². The number of ether oxygens (including phenoxy) is 15. The zero-order valence-electron chi connectivity index (χ0n) is 60.5. The average Bonchev–Trinajstić information content (AvgIpc) is 0.798. The molecule has 4 rings (SSSR count). The fourth-order valence-corrected chi connectivity index (χ4v) is 10.5. The number of amides is 6. The Morgan fingerprint density at radius 2 is 0.766 bits per heavy atom. The Balaban J connectivity index is 1.27. The lowest BCUT2D eigenvalue weighted by Crippen LogP contribution is -2.66. The highest BCUT2D eigenvalue weighted by molar-refractivity contribution is 6.03. The van der Waals surface area contributed by atoms with E-state index >= 15 is 0 Å². The summed E-state index contributed by atoms with van der Waals surface area (Å²) in [5, 5.41) is 15.6. The van der Waals surface area contributed by atoms with Gasteiger partial charge in [0.25, 0.3) is 11.8 Å². The Labute approximate surface area is 612 Å². The van der Waals surface area contributed by atoms with E-state index in [-0.39, 0.29) is 115 Å². The molecular formula is C68H93F5N6O28. The van der Waals surface area contributed by atoms with Crippen molar-refractivity contribution in [3.05, 3.63) is 58.4 Å². The van der Waals surface area contributed by atoms with Crippen LogP contribution in [0, 0.1) is 29.1 Å². The third-order valence-corrected chi connectivity index (χ3v) is 15.1. The molecular weight excluding hydrogens is 1440 g/mol. The fraction of sp³-hybridized carbons (Fsp3) is 0.632. The molecule has 39 heteroatoms. The van der Waals surface area contributed by atoms with Crippen molar-refractivity contribution in [3.8, 4) is 5.75 Å². The van der Waals surface area contributed by atoms with Crippen molar-refractivity contribution in [2.45, 2.75) is 181 Å². The molecule has 2 aromatic carbocycles. The zero-order valence-corrected chi connectivity index (χ0v) is 60.5. The molecule has 2 fully saturated rings. The lowest BCUT2D eigenvalue weighted by atomic mass is 9.96. The van der Waals surface area contributed by atoms with Crippen LogP contribution in [-0.4, -0.2) is 237 Å². The molecule has 2 aliphatic heterocycles. The molecule has 34 nitrogen and oxygen atoms in total. The van der Waals surface area contributed by atoms with Crippen LogP contribution in [0.1, 0.15) is 140 Å². The summed E-state index contributed by atoms with van der Waals surface area (Å²) in [5.41, 5.74) is -0.112. The minimum atomic E-state index is -2.38. The molecule has 0 aromatic heterocycles. The molecule has 0 bridgehead atoms. The summed E-state index contributed by atoms with van der Waals surface area (Å²) < 4.78 is 150. The highest BCUT2D eigenvalue weighted by atomic mass is 19.2. The Morgan fingerprint density at radius 1 is 0.402 bits per heavy atom. The molecule has 6 amide bonds. The van der Waals surface area contributed by atoms with Crippen molar-refractivity contribution in [1.82, 2.24) is 26.6 Å². The van der Waals surface area contributed by atoms with E-state index in [1.165, 1.54) is 32.0 Å². The quantitative estimate of drug-likeness (QED) is 0.0105. The topological polar surface area (TPSA) is 433 Å². The van der Waals surface area contributed by atoms with Crippen molar-refractivity contribution in [3.63, 3.8) is 0 Å². The molecule has 0 spiro atoms. The van der Waals surface area contributed by atoms with Crippen LogP contribution in [0.2, 0.25) is 0 Å². The Kier molecular flexibility index (Phi) is 40.7. The predicted molar refractivity (Wildman–Crippen MR) is 354 cm³/mol. The maximum Gasteiger partial charge on any atom is 0.311 e. The molecule has 107 heavy (non-hydrogen) atoms. The Bertz CT molecular complexity index is 3170. The van der Waals surface area contributed by atoms with Gasteiger partial charge in [-0.1, -0.05) is 38.5 Å². The molecule has 6 N–H and O–H groups in total.